The molecule has 116 valence electrons. The second-order valence-electron chi connectivity index (χ2n) is 5.60. The van der Waals surface area contributed by atoms with Gasteiger partial charge in [0.25, 0.3) is 0 Å². The van der Waals surface area contributed by atoms with Crippen LogP contribution in [0.5, 0.6) is 0 Å². The van der Waals surface area contributed by atoms with Crippen molar-refractivity contribution in [3.8, 4) is 0 Å². The van der Waals surface area contributed by atoms with Crippen molar-refractivity contribution in [1.29, 1.82) is 0 Å². The number of nitrogens with one attached hydrogen (secondary N) is 2. The second kappa shape index (κ2) is 7.23. The van der Waals surface area contributed by atoms with Crippen LogP contribution in [0.15, 0.2) is 60.7 Å². The molecule has 0 aliphatic carbocycles. The minimum absolute atomic E-state index is 0.0217. The summed E-state index contributed by atoms with van der Waals surface area (Å²) in [6, 6.07) is 20.3. The molecule has 0 aliphatic heterocycles. The molecule has 0 spiro atoms. The van der Waals surface area contributed by atoms with Crippen LogP contribution in [0.3, 0.4) is 0 Å². The predicted octanol–water partition coefficient (Wildman–Crippen LogP) is 3.39. The van der Waals surface area contributed by atoms with Crippen LogP contribution in [0.2, 0.25) is 0 Å². The zero-order valence-electron chi connectivity index (χ0n) is 13.5. The molecule has 0 saturated carbocycles. The molecular weight excluding hydrogens is 272 g/mol. The third-order valence-electron chi connectivity index (χ3n) is 4.09. The second-order valence-corrected chi connectivity index (χ2v) is 5.60. The van der Waals surface area contributed by atoms with E-state index in [0.717, 1.165) is 11.1 Å². The van der Waals surface area contributed by atoms with Gasteiger partial charge in [-0.25, -0.2) is 0 Å². The topological polar surface area (TPSA) is 41.1 Å². The van der Waals surface area contributed by atoms with Crippen LogP contribution >= 0.6 is 0 Å². The Morgan fingerprint density at radius 3 is 2.09 bits per heavy atom. The van der Waals surface area contributed by atoms with E-state index in [1.807, 2.05) is 50.4 Å². The molecule has 0 heterocycles. The van der Waals surface area contributed by atoms with E-state index in [-0.39, 0.29) is 11.9 Å². The summed E-state index contributed by atoms with van der Waals surface area (Å²) in [7, 11) is 1.93. The third kappa shape index (κ3) is 3.37. The zero-order valence-corrected chi connectivity index (χ0v) is 13.5. The third-order valence-corrected chi connectivity index (χ3v) is 4.09. The number of benzene rings is 2. The van der Waals surface area contributed by atoms with E-state index in [0.29, 0.717) is 6.42 Å². The Hall–Kier alpha value is -2.13. The molecule has 0 bridgehead atoms. The van der Waals surface area contributed by atoms with Crippen molar-refractivity contribution in [3.63, 3.8) is 0 Å². The van der Waals surface area contributed by atoms with Crippen LogP contribution in [0.4, 0.5) is 0 Å². The molecule has 1 amide bonds. The molecule has 0 aromatic heterocycles. The normalized spacial score (nSPS) is 14.9. The molecule has 3 nitrogen and oxygen atoms in total. The first kappa shape index (κ1) is 16.2. The Balaban J connectivity index is 2.49. The molecule has 2 atom stereocenters. The van der Waals surface area contributed by atoms with E-state index in [9.17, 15) is 4.79 Å². The first-order valence-corrected chi connectivity index (χ1v) is 7.70. The number of rotatable bonds is 6. The Bertz CT molecular complexity index is 597. The van der Waals surface area contributed by atoms with Crippen LogP contribution in [0.25, 0.3) is 0 Å². The highest BCUT2D eigenvalue weighted by atomic mass is 16.1. The van der Waals surface area contributed by atoms with E-state index in [2.05, 4.69) is 41.8 Å². The molecule has 3 heteroatoms. The van der Waals surface area contributed by atoms with Crippen LogP contribution in [-0.2, 0) is 10.3 Å². The maximum absolute atomic E-state index is 12.1. The molecule has 2 N–H and O–H groups in total. The van der Waals surface area contributed by atoms with Gasteiger partial charge >= 0.3 is 0 Å². The van der Waals surface area contributed by atoms with E-state index < -0.39 is 5.54 Å². The lowest BCUT2D eigenvalue weighted by Gasteiger charge is -2.39. The fourth-order valence-electron chi connectivity index (χ4n) is 2.91. The molecule has 2 unspecified atom stereocenters. The molecule has 0 radical (unpaired) electrons. The maximum Gasteiger partial charge on any atom is 0.220 e. The van der Waals surface area contributed by atoms with E-state index in [1.54, 1.807) is 0 Å². The number of hydrogen-bond acceptors (Lipinski definition) is 2. The SMILES string of the molecule is CCC(=O)NC(C)(c1ccccc1)C(NC)c1ccccc1. The minimum atomic E-state index is -0.523. The number of amides is 1. The van der Waals surface area contributed by atoms with Crippen LogP contribution < -0.4 is 10.6 Å². The van der Waals surface area contributed by atoms with E-state index >= 15 is 0 Å². The van der Waals surface area contributed by atoms with E-state index in [1.165, 1.54) is 0 Å². The van der Waals surface area contributed by atoms with Gasteiger partial charge in [-0.3, -0.25) is 4.79 Å². The minimum Gasteiger partial charge on any atom is -0.345 e. The van der Waals surface area contributed by atoms with Crippen LogP contribution in [-0.4, -0.2) is 13.0 Å². The largest absolute Gasteiger partial charge is 0.345 e. The van der Waals surface area contributed by atoms with E-state index in [4.69, 9.17) is 0 Å². The quantitative estimate of drug-likeness (QED) is 0.858. The molecule has 2 aromatic carbocycles. The average molecular weight is 296 g/mol. The molecule has 2 rings (SSSR count). The van der Waals surface area contributed by atoms with Crippen molar-refractivity contribution < 1.29 is 4.79 Å². The summed E-state index contributed by atoms with van der Waals surface area (Å²) in [5.41, 5.74) is 1.71. The van der Waals surface area contributed by atoms with Crippen LogP contribution in [0, 0.1) is 0 Å². The average Bonchev–Trinajstić information content (AvgIpc) is 2.57. The molecular formula is C19H24N2O. The first-order valence-electron chi connectivity index (χ1n) is 7.70. The van der Waals surface area contributed by atoms with Gasteiger partial charge in [0, 0.05) is 6.42 Å². The van der Waals surface area contributed by atoms with Gasteiger partial charge in [-0.05, 0) is 25.1 Å². The summed E-state index contributed by atoms with van der Waals surface area (Å²) in [6.45, 7) is 3.95. The lowest BCUT2D eigenvalue weighted by Crippen LogP contribution is -2.51. The molecule has 0 fully saturated rings. The fourth-order valence-corrected chi connectivity index (χ4v) is 2.91. The summed E-state index contributed by atoms with van der Waals surface area (Å²) >= 11 is 0. The summed E-state index contributed by atoms with van der Waals surface area (Å²) in [4.78, 5) is 12.1. The Morgan fingerprint density at radius 2 is 1.59 bits per heavy atom. The number of carbonyl (C=O) groups excluding carboxylic acids is 1. The van der Waals surface area contributed by atoms with Gasteiger partial charge in [0.2, 0.25) is 5.91 Å². The molecule has 2 aromatic rings. The van der Waals surface area contributed by atoms with Crippen molar-refractivity contribution in [2.45, 2.75) is 31.8 Å². The standard InChI is InChI=1S/C19H24N2O/c1-4-17(22)21-19(2,16-13-9-6-10-14-16)18(20-3)15-11-7-5-8-12-15/h5-14,18,20H,4H2,1-3H3,(H,21,22). The Labute approximate surface area is 132 Å². The van der Waals surface area contributed by atoms with Crippen molar-refractivity contribution in [2.24, 2.45) is 0 Å². The number of carbonyl (C=O) groups is 1. The monoisotopic (exact) mass is 296 g/mol. The molecule has 0 saturated heterocycles. The molecule has 0 aliphatic rings. The van der Waals surface area contributed by atoms with Crippen molar-refractivity contribution in [2.75, 3.05) is 7.05 Å². The molecule has 22 heavy (non-hydrogen) atoms. The predicted molar refractivity (Wildman–Crippen MR) is 90.5 cm³/mol. The summed E-state index contributed by atoms with van der Waals surface area (Å²) in [5.74, 6) is 0.0440. The summed E-state index contributed by atoms with van der Waals surface area (Å²) in [5, 5.41) is 6.58. The Morgan fingerprint density at radius 1 is 1.05 bits per heavy atom. The van der Waals surface area contributed by atoms with Gasteiger partial charge in [-0.15, -0.1) is 0 Å². The lowest BCUT2D eigenvalue weighted by atomic mass is 9.80. The summed E-state index contributed by atoms with van der Waals surface area (Å²) in [6.07, 6.45) is 0.466. The van der Waals surface area contributed by atoms with Crippen LogP contribution in [0.1, 0.15) is 37.4 Å². The van der Waals surface area contributed by atoms with Gasteiger partial charge in [0.05, 0.1) is 11.6 Å². The van der Waals surface area contributed by atoms with Gasteiger partial charge in [-0.1, -0.05) is 67.6 Å². The van der Waals surface area contributed by atoms with Gasteiger partial charge in [-0.2, -0.15) is 0 Å². The first-order chi connectivity index (χ1) is 10.6. The van der Waals surface area contributed by atoms with Crippen molar-refractivity contribution in [1.82, 2.24) is 10.6 Å². The highest BCUT2D eigenvalue weighted by Crippen LogP contribution is 2.34. The fraction of sp³-hybridized carbons (Fsp3) is 0.316. The smallest absolute Gasteiger partial charge is 0.220 e. The number of hydrogen-bond donors (Lipinski definition) is 2. The van der Waals surface area contributed by atoms with Gasteiger partial charge in [0.1, 0.15) is 0 Å². The van der Waals surface area contributed by atoms with Gasteiger partial charge in [0.15, 0.2) is 0 Å². The lowest BCUT2D eigenvalue weighted by molar-refractivity contribution is -0.123. The summed E-state index contributed by atoms with van der Waals surface area (Å²) < 4.78 is 0. The zero-order chi connectivity index (χ0) is 16.0. The Kier molecular flexibility index (Phi) is 5.34. The highest BCUT2D eigenvalue weighted by Gasteiger charge is 2.37. The number of likely N-dealkylation sites (N-methyl/N-ethyl adjacent to an activating group) is 1. The van der Waals surface area contributed by atoms with Crippen molar-refractivity contribution >= 4 is 5.91 Å². The van der Waals surface area contributed by atoms with Crippen molar-refractivity contribution in [3.05, 3.63) is 71.8 Å². The highest BCUT2D eigenvalue weighted by molar-refractivity contribution is 5.76. The van der Waals surface area contributed by atoms with Gasteiger partial charge < -0.3 is 10.6 Å². The maximum atomic E-state index is 12.1.